The first-order chi connectivity index (χ1) is 25.0. The van der Waals surface area contributed by atoms with Crippen LogP contribution >= 0.6 is 7.82 Å². The normalized spacial score (nSPS) is 15.1. The molecule has 0 heterocycles. The number of rotatable bonds is 36. The van der Waals surface area contributed by atoms with Gasteiger partial charge in [0.15, 0.2) is 0 Å². The zero-order chi connectivity index (χ0) is 38.6. The third-order valence-electron chi connectivity index (χ3n) is 8.77. The van der Waals surface area contributed by atoms with Crippen LogP contribution in [-0.2, 0) is 18.4 Å². The summed E-state index contributed by atoms with van der Waals surface area (Å²) in [7, 11) is 1.28. The zero-order valence-corrected chi connectivity index (χ0v) is 34.9. The maximum atomic E-state index is 12.8. The number of carbonyl (C=O) groups excluding carboxylic acids is 1. The minimum atomic E-state index is -4.56. The van der Waals surface area contributed by atoms with Crippen molar-refractivity contribution in [3.63, 3.8) is 0 Å². The van der Waals surface area contributed by atoms with Gasteiger partial charge in [-0.05, 0) is 57.8 Å². The summed E-state index contributed by atoms with van der Waals surface area (Å²) in [5.74, 6) is -0.184. The van der Waals surface area contributed by atoms with E-state index in [1.54, 1.807) is 0 Å². The molecule has 0 aliphatic rings. The van der Waals surface area contributed by atoms with Gasteiger partial charge in [-0.2, -0.15) is 0 Å². The van der Waals surface area contributed by atoms with Crippen LogP contribution in [0.3, 0.4) is 0 Å². The number of aliphatic hydroxyl groups excluding tert-OH is 1. The van der Waals surface area contributed by atoms with E-state index in [-0.39, 0.29) is 19.1 Å². The number of quaternary nitrogens is 1. The first kappa shape index (κ1) is 50.2. The van der Waals surface area contributed by atoms with E-state index in [9.17, 15) is 19.4 Å². The maximum absolute atomic E-state index is 12.8. The fourth-order valence-electron chi connectivity index (χ4n) is 5.48. The first-order valence-corrected chi connectivity index (χ1v) is 22.1. The summed E-state index contributed by atoms with van der Waals surface area (Å²) in [6, 6.07) is -0.806. The van der Waals surface area contributed by atoms with Crippen LogP contribution in [0.4, 0.5) is 0 Å². The number of unbranched alkanes of at least 4 members (excludes halogenated alkanes) is 13. The van der Waals surface area contributed by atoms with E-state index in [0.717, 1.165) is 83.5 Å². The van der Waals surface area contributed by atoms with E-state index in [0.29, 0.717) is 23.9 Å². The zero-order valence-electron chi connectivity index (χ0n) is 34.0. The highest BCUT2D eigenvalue weighted by Gasteiger charge is 2.24. The second-order valence-electron chi connectivity index (χ2n) is 15.0. The molecule has 0 aromatic rings. The van der Waals surface area contributed by atoms with Crippen LogP contribution in [-0.4, -0.2) is 68.5 Å². The lowest BCUT2D eigenvalue weighted by molar-refractivity contribution is -0.870. The SMILES string of the molecule is CC/C=C\C/C=C\C/C=C\C/C=C\C/C=C\CCCCCCCCCC(=O)NC(COP(=O)([O-])OCC[N+](C)(C)C)C(O)CCCCCCCCC. The number of nitrogens with zero attached hydrogens (tertiary/aromatic N) is 1. The Morgan fingerprint density at radius 1 is 0.692 bits per heavy atom. The highest BCUT2D eigenvalue weighted by atomic mass is 31.2. The number of carbonyl (C=O) groups is 1. The van der Waals surface area contributed by atoms with Crippen LogP contribution in [0.25, 0.3) is 0 Å². The molecule has 52 heavy (non-hydrogen) atoms. The molecule has 0 fully saturated rings. The third-order valence-corrected chi connectivity index (χ3v) is 9.73. The van der Waals surface area contributed by atoms with Crippen molar-refractivity contribution in [3.05, 3.63) is 60.8 Å². The van der Waals surface area contributed by atoms with E-state index >= 15 is 0 Å². The molecule has 0 saturated carbocycles. The Morgan fingerprint density at radius 2 is 1.17 bits per heavy atom. The second kappa shape index (κ2) is 34.9. The van der Waals surface area contributed by atoms with Crippen molar-refractivity contribution < 1.29 is 32.9 Å². The monoisotopic (exact) mass is 751 g/mol. The molecule has 0 radical (unpaired) electrons. The van der Waals surface area contributed by atoms with Gasteiger partial charge in [-0.3, -0.25) is 9.36 Å². The van der Waals surface area contributed by atoms with Gasteiger partial charge in [0.1, 0.15) is 13.2 Å². The van der Waals surface area contributed by atoms with Gasteiger partial charge < -0.3 is 28.8 Å². The molecule has 0 saturated heterocycles. The Morgan fingerprint density at radius 3 is 1.71 bits per heavy atom. The predicted molar refractivity (Wildman–Crippen MR) is 219 cm³/mol. The number of allylic oxidation sites excluding steroid dienone is 10. The molecule has 3 atom stereocenters. The quantitative estimate of drug-likeness (QED) is 0.0286. The molecule has 0 spiro atoms. The fourth-order valence-corrected chi connectivity index (χ4v) is 6.20. The lowest BCUT2D eigenvalue weighted by atomic mass is 10.0. The second-order valence-corrected chi connectivity index (χ2v) is 16.4. The van der Waals surface area contributed by atoms with Gasteiger partial charge in [0.25, 0.3) is 7.82 Å². The third kappa shape index (κ3) is 36.6. The van der Waals surface area contributed by atoms with Crippen molar-refractivity contribution in [2.75, 3.05) is 40.9 Å². The molecule has 3 unspecified atom stereocenters. The van der Waals surface area contributed by atoms with Crippen molar-refractivity contribution in [3.8, 4) is 0 Å². The summed E-state index contributed by atoms with van der Waals surface area (Å²) in [4.78, 5) is 25.2. The van der Waals surface area contributed by atoms with Gasteiger partial charge >= 0.3 is 0 Å². The molecule has 0 rings (SSSR count). The van der Waals surface area contributed by atoms with Crippen molar-refractivity contribution in [2.24, 2.45) is 0 Å². The number of hydrogen-bond acceptors (Lipinski definition) is 6. The molecule has 1 amide bonds. The summed E-state index contributed by atoms with van der Waals surface area (Å²) in [6.45, 7) is 4.52. The number of nitrogens with one attached hydrogen (secondary N) is 1. The van der Waals surface area contributed by atoms with Crippen LogP contribution in [0.1, 0.15) is 155 Å². The Hall–Kier alpha value is -1.80. The van der Waals surface area contributed by atoms with Crippen molar-refractivity contribution in [2.45, 2.75) is 167 Å². The van der Waals surface area contributed by atoms with Crippen molar-refractivity contribution in [1.82, 2.24) is 5.32 Å². The van der Waals surface area contributed by atoms with E-state index in [1.807, 2.05) is 21.1 Å². The number of phosphoric acid groups is 1. The summed E-state index contributed by atoms with van der Waals surface area (Å²) >= 11 is 0. The lowest BCUT2D eigenvalue weighted by Crippen LogP contribution is -2.46. The van der Waals surface area contributed by atoms with Crippen LogP contribution < -0.4 is 10.2 Å². The summed E-state index contributed by atoms with van der Waals surface area (Å²) in [5, 5.41) is 13.7. The first-order valence-electron chi connectivity index (χ1n) is 20.6. The highest BCUT2D eigenvalue weighted by molar-refractivity contribution is 7.45. The van der Waals surface area contributed by atoms with Gasteiger partial charge in [-0.25, -0.2) is 0 Å². The number of hydrogen-bond donors (Lipinski definition) is 2. The van der Waals surface area contributed by atoms with Gasteiger partial charge in [0.05, 0.1) is 39.9 Å². The van der Waals surface area contributed by atoms with Crippen molar-refractivity contribution >= 4 is 13.7 Å². The minimum Gasteiger partial charge on any atom is -0.756 e. The van der Waals surface area contributed by atoms with Crippen LogP contribution in [0.2, 0.25) is 0 Å². The molecule has 0 aliphatic heterocycles. The maximum Gasteiger partial charge on any atom is 0.268 e. The molecule has 2 N–H and O–H groups in total. The Kier molecular flexibility index (Phi) is 33.7. The molecular formula is C43H79N2O6P. The summed E-state index contributed by atoms with van der Waals surface area (Å²) in [5.41, 5.74) is 0. The molecule has 0 aromatic carbocycles. The van der Waals surface area contributed by atoms with Crippen LogP contribution in [0.15, 0.2) is 60.8 Å². The molecule has 0 aliphatic carbocycles. The predicted octanol–water partition coefficient (Wildman–Crippen LogP) is 10.4. The van der Waals surface area contributed by atoms with E-state index < -0.39 is 20.0 Å². The minimum absolute atomic E-state index is 0.00614. The summed E-state index contributed by atoms with van der Waals surface area (Å²) in [6.07, 6.45) is 43.8. The average Bonchev–Trinajstić information content (AvgIpc) is 3.09. The topological polar surface area (TPSA) is 108 Å². The Labute approximate surface area is 320 Å². The van der Waals surface area contributed by atoms with E-state index in [2.05, 4.69) is 79.9 Å². The smallest absolute Gasteiger partial charge is 0.268 e. The highest BCUT2D eigenvalue weighted by Crippen LogP contribution is 2.38. The number of aliphatic hydroxyl groups is 1. The number of amides is 1. The largest absolute Gasteiger partial charge is 0.756 e. The van der Waals surface area contributed by atoms with Crippen molar-refractivity contribution in [1.29, 1.82) is 0 Å². The van der Waals surface area contributed by atoms with Crippen LogP contribution in [0, 0.1) is 0 Å². The lowest BCUT2D eigenvalue weighted by Gasteiger charge is -2.30. The molecule has 0 bridgehead atoms. The van der Waals surface area contributed by atoms with E-state index in [1.165, 1.54) is 44.9 Å². The molecule has 0 aromatic heterocycles. The Balaban J connectivity index is 4.24. The van der Waals surface area contributed by atoms with Gasteiger partial charge in [-0.15, -0.1) is 0 Å². The van der Waals surface area contributed by atoms with Gasteiger partial charge in [-0.1, -0.05) is 152 Å². The molecule has 9 heteroatoms. The van der Waals surface area contributed by atoms with Gasteiger partial charge in [0.2, 0.25) is 5.91 Å². The number of phosphoric ester groups is 1. The van der Waals surface area contributed by atoms with Crippen LogP contribution in [0.5, 0.6) is 0 Å². The number of likely N-dealkylation sites (N-methyl/N-ethyl adjacent to an activating group) is 1. The Bertz CT molecular complexity index is 1030. The standard InChI is InChI=1S/C43H79N2O6P/c1-6-8-10-12-14-15-16-17-18-19-20-21-22-23-24-25-26-27-28-29-31-33-35-37-43(47)44-41(42(46)36-34-32-30-13-11-9-7-2)40-51-52(48,49)50-39-38-45(3,4)5/h8,10,14-15,17-18,20-21,23-24,41-42,46H,6-7,9,11-13,16,19,22,25-40H2,1-5H3,(H-,44,47,48,49)/b10-8-,15-14-,18-17-,21-20-,24-23-. The summed E-state index contributed by atoms with van der Waals surface area (Å²) < 4.78 is 23.1. The van der Waals surface area contributed by atoms with E-state index in [4.69, 9.17) is 9.05 Å². The molecule has 8 nitrogen and oxygen atoms in total. The average molecular weight is 751 g/mol. The molecule has 302 valence electrons. The van der Waals surface area contributed by atoms with Gasteiger partial charge in [0, 0.05) is 6.42 Å². The molecular weight excluding hydrogens is 671 g/mol. The fraction of sp³-hybridized carbons (Fsp3) is 0.744.